The van der Waals surface area contributed by atoms with Crippen molar-refractivity contribution in [2.75, 3.05) is 7.05 Å². The number of hydrogen-bond acceptors (Lipinski definition) is 3. The minimum absolute atomic E-state index is 0.104. The molecule has 0 spiro atoms. The molecule has 2 rings (SSSR count). The Hall–Kier alpha value is -1.45. The highest BCUT2D eigenvalue weighted by Crippen LogP contribution is 2.26. The van der Waals surface area contributed by atoms with E-state index in [1.165, 1.54) is 12.4 Å². The fourth-order valence-corrected chi connectivity index (χ4v) is 1.29. The molecule has 1 aromatic heterocycles. The summed E-state index contributed by atoms with van der Waals surface area (Å²) in [7, 11) is 1.78. The minimum Gasteiger partial charge on any atom is -0.337 e. The third-order valence-electron chi connectivity index (χ3n) is 2.29. The van der Waals surface area contributed by atoms with Crippen LogP contribution in [-0.2, 0) is 0 Å². The molecular weight excluding hydrogens is 178 g/mol. The van der Waals surface area contributed by atoms with Crippen molar-refractivity contribution in [3.8, 4) is 0 Å². The van der Waals surface area contributed by atoms with E-state index in [2.05, 4.69) is 9.97 Å². The standard InChI is InChI=1S/C10H11N3O/c1-7-5-11-6-9(12-7)10(14)13(2)8-3-4-8/h1,5-6,8H,3-4H2,2H3. The lowest BCUT2D eigenvalue weighted by atomic mass is 10.3. The van der Waals surface area contributed by atoms with Crippen LogP contribution in [0.1, 0.15) is 29.0 Å². The van der Waals surface area contributed by atoms with Gasteiger partial charge in [-0.15, -0.1) is 0 Å². The highest BCUT2D eigenvalue weighted by atomic mass is 16.2. The van der Waals surface area contributed by atoms with E-state index < -0.39 is 0 Å². The molecule has 0 bridgehead atoms. The van der Waals surface area contributed by atoms with Gasteiger partial charge in [0.2, 0.25) is 0 Å². The first kappa shape index (κ1) is 9.12. The maximum absolute atomic E-state index is 11.7. The van der Waals surface area contributed by atoms with Gasteiger partial charge in [-0.3, -0.25) is 9.78 Å². The molecule has 1 aromatic rings. The Labute approximate surface area is 83.0 Å². The Morgan fingerprint density at radius 2 is 2.29 bits per heavy atom. The van der Waals surface area contributed by atoms with E-state index >= 15 is 0 Å². The molecule has 4 heteroatoms. The summed E-state index contributed by atoms with van der Waals surface area (Å²) < 4.78 is 0. The van der Waals surface area contributed by atoms with Gasteiger partial charge in [-0.25, -0.2) is 4.98 Å². The van der Waals surface area contributed by atoms with Crippen molar-refractivity contribution in [3.05, 3.63) is 30.7 Å². The lowest BCUT2D eigenvalue weighted by Crippen LogP contribution is -2.29. The summed E-state index contributed by atoms with van der Waals surface area (Å²) in [5.41, 5.74) is 0.597. The fourth-order valence-electron chi connectivity index (χ4n) is 1.29. The molecule has 0 N–H and O–H groups in total. The first-order valence-corrected chi connectivity index (χ1v) is 4.53. The molecule has 1 heterocycles. The highest BCUT2D eigenvalue weighted by Gasteiger charge is 2.30. The molecule has 1 fully saturated rings. The second kappa shape index (κ2) is 3.36. The zero-order valence-corrected chi connectivity index (χ0v) is 7.97. The zero-order valence-electron chi connectivity index (χ0n) is 7.97. The van der Waals surface area contributed by atoms with E-state index in [0.717, 1.165) is 12.8 Å². The Kier molecular flexibility index (Phi) is 2.19. The van der Waals surface area contributed by atoms with E-state index in [1.807, 2.05) is 0 Å². The van der Waals surface area contributed by atoms with Gasteiger partial charge in [0.15, 0.2) is 0 Å². The molecule has 1 amide bonds. The third kappa shape index (κ3) is 1.73. The molecule has 0 aliphatic heterocycles. The van der Waals surface area contributed by atoms with Crippen molar-refractivity contribution in [3.63, 3.8) is 0 Å². The number of aromatic nitrogens is 2. The van der Waals surface area contributed by atoms with Crippen LogP contribution in [0.25, 0.3) is 0 Å². The van der Waals surface area contributed by atoms with Crippen molar-refractivity contribution in [2.24, 2.45) is 0 Å². The Morgan fingerprint density at radius 3 is 2.86 bits per heavy atom. The van der Waals surface area contributed by atoms with Crippen molar-refractivity contribution in [1.29, 1.82) is 0 Å². The van der Waals surface area contributed by atoms with Crippen molar-refractivity contribution in [2.45, 2.75) is 18.9 Å². The molecule has 0 saturated heterocycles. The molecule has 2 radical (unpaired) electrons. The van der Waals surface area contributed by atoms with Gasteiger partial charge in [0.25, 0.3) is 5.91 Å². The monoisotopic (exact) mass is 189 g/mol. The molecule has 1 aliphatic rings. The maximum Gasteiger partial charge on any atom is 0.274 e. The summed E-state index contributed by atoms with van der Waals surface area (Å²) in [6.07, 6.45) is 5.03. The molecule has 72 valence electrons. The number of amides is 1. The molecule has 1 saturated carbocycles. The van der Waals surface area contributed by atoms with Gasteiger partial charge in [0.1, 0.15) is 5.69 Å². The molecule has 0 aromatic carbocycles. The summed E-state index contributed by atoms with van der Waals surface area (Å²) in [6.45, 7) is 5.44. The first-order valence-electron chi connectivity index (χ1n) is 4.53. The molecule has 14 heavy (non-hydrogen) atoms. The van der Waals surface area contributed by atoms with Gasteiger partial charge >= 0.3 is 0 Å². The smallest absolute Gasteiger partial charge is 0.274 e. The molecular formula is C10H11N3O. The van der Waals surface area contributed by atoms with Crippen LogP contribution in [0.15, 0.2) is 12.4 Å². The lowest BCUT2D eigenvalue weighted by molar-refractivity contribution is 0.0778. The second-order valence-electron chi connectivity index (χ2n) is 3.48. The molecule has 0 atom stereocenters. The van der Waals surface area contributed by atoms with Gasteiger partial charge in [-0.2, -0.15) is 0 Å². The maximum atomic E-state index is 11.7. The van der Waals surface area contributed by atoms with Crippen LogP contribution < -0.4 is 0 Å². The van der Waals surface area contributed by atoms with Gasteiger partial charge in [0, 0.05) is 26.2 Å². The van der Waals surface area contributed by atoms with E-state index in [0.29, 0.717) is 11.7 Å². The van der Waals surface area contributed by atoms with Crippen LogP contribution in [0.2, 0.25) is 0 Å². The molecule has 4 nitrogen and oxygen atoms in total. The van der Waals surface area contributed by atoms with Crippen molar-refractivity contribution < 1.29 is 4.79 Å². The fraction of sp³-hybridized carbons (Fsp3) is 0.400. The van der Waals surface area contributed by atoms with Crippen LogP contribution in [0.4, 0.5) is 0 Å². The summed E-state index contributed by atoms with van der Waals surface area (Å²) in [5.74, 6) is -0.104. The Morgan fingerprint density at radius 1 is 1.57 bits per heavy atom. The van der Waals surface area contributed by atoms with E-state index in [4.69, 9.17) is 6.92 Å². The van der Waals surface area contributed by atoms with E-state index in [-0.39, 0.29) is 11.6 Å². The Balaban J connectivity index is 2.17. The predicted molar refractivity (Wildman–Crippen MR) is 50.5 cm³/mol. The number of rotatable bonds is 2. The third-order valence-corrected chi connectivity index (χ3v) is 2.29. The van der Waals surface area contributed by atoms with Gasteiger partial charge in [-0.05, 0) is 12.8 Å². The van der Waals surface area contributed by atoms with Crippen LogP contribution >= 0.6 is 0 Å². The second-order valence-corrected chi connectivity index (χ2v) is 3.48. The van der Waals surface area contributed by atoms with Crippen LogP contribution in [0.3, 0.4) is 0 Å². The van der Waals surface area contributed by atoms with Gasteiger partial charge in [0.05, 0.1) is 11.9 Å². The quantitative estimate of drug-likeness (QED) is 0.690. The summed E-state index contributed by atoms with van der Waals surface area (Å²) >= 11 is 0. The number of nitrogens with zero attached hydrogens (tertiary/aromatic N) is 3. The number of carbonyl (C=O) groups is 1. The summed E-state index contributed by atoms with van der Waals surface area (Å²) in [6, 6.07) is 0.380. The average molecular weight is 189 g/mol. The van der Waals surface area contributed by atoms with E-state index in [1.54, 1.807) is 11.9 Å². The van der Waals surface area contributed by atoms with Crippen LogP contribution in [-0.4, -0.2) is 33.9 Å². The van der Waals surface area contributed by atoms with Gasteiger partial charge < -0.3 is 4.90 Å². The Bertz CT molecular complexity index is 360. The normalized spacial score (nSPS) is 15.3. The van der Waals surface area contributed by atoms with Gasteiger partial charge in [-0.1, -0.05) is 0 Å². The SMILES string of the molecule is [CH]c1cncc(C(=O)N(C)C2CC2)n1. The zero-order chi connectivity index (χ0) is 10.1. The largest absolute Gasteiger partial charge is 0.337 e. The average Bonchev–Trinajstić information content (AvgIpc) is 2.99. The first-order chi connectivity index (χ1) is 6.68. The number of hydrogen-bond donors (Lipinski definition) is 0. The minimum atomic E-state index is -0.104. The van der Waals surface area contributed by atoms with Crippen molar-refractivity contribution >= 4 is 5.91 Å². The highest BCUT2D eigenvalue weighted by molar-refractivity contribution is 5.92. The number of carbonyl (C=O) groups excluding carboxylic acids is 1. The predicted octanol–water partition coefficient (Wildman–Crippen LogP) is 0.770. The van der Waals surface area contributed by atoms with Crippen LogP contribution in [0, 0.1) is 6.92 Å². The summed E-state index contributed by atoms with van der Waals surface area (Å²) in [5, 5.41) is 0. The van der Waals surface area contributed by atoms with E-state index in [9.17, 15) is 4.79 Å². The molecule has 0 unspecified atom stereocenters. The molecule has 1 aliphatic carbocycles. The van der Waals surface area contributed by atoms with Crippen molar-refractivity contribution in [1.82, 2.24) is 14.9 Å². The summed E-state index contributed by atoms with van der Waals surface area (Å²) in [4.78, 5) is 21.2. The topological polar surface area (TPSA) is 46.1 Å². The van der Waals surface area contributed by atoms with Crippen LogP contribution in [0.5, 0.6) is 0 Å². The lowest BCUT2D eigenvalue weighted by Gasteiger charge is -2.15.